The molecule has 0 spiro atoms. The van der Waals surface area contributed by atoms with Gasteiger partial charge in [-0.05, 0) is 31.2 Å². The lowest BCUT2D eigenvalue weighted by Gasteiger charge is -2.11. The van der Waals surface area contributed by atoms with E-state index in [-0.39, 0.29) is 0 Å². The van der Waals surface area contributed by atoms with Crippen molar-refractivity contribution in [3.63, 3.8) is 0 Å². The maximum atomic E-state index is 12.2. The number of aromatic nitrogens is 1. The molecule has 2 amide bonds. The molecule has 0 radical (unpaired) electrons. The van der Waals surface area contributed by atoms with Crippen molar-refractivity contribution in [1.29, 1.82) is 0 Å². The van der Waals surface area contributed by atoms with Crippen LogP contribution >= 0.6 is 0 Å². The molecule has 2 aromatic carbocycles. The lowest BCUT2D eigenvalue weighted by Crippen LogP contribution is -2.29. The predicted octanol–water partition coefficient (Wildman–Crippen LogP) is 3.21. The Hall–Kier alpha value is -3.41. The van der Waals surface area contributed by atoms with E-state index in [0.717, 1.165) is 5.39 Å². The summed E-state index contributed by atoms with van der Waals surface area (Å²) in [5.41, 5.74) is 1.55. The number of amides is 2. The maximum Gasteiger partial charge on any atom is 0.314 e. The fourth-order valence-electron chi connectivity index (χ4n) is 2.41. The van der Waals surface area contributed by atoms with Gasteiger partial charge in [-0.15, -0.1) is 0 Å². The molecule has 0 bridgehead atoms. The third-order valence-corrected chi connectivity index (χ3v) is 3.52. The third-order valence-electron chi connectivity index (χ3n) is 3.52. The zero-order valence-corrected chi connectivity index (χ0v) is 13.7. The van der Waals surface area contributed by atoms with Crippen LogP contribution in [0.2, 0.25) is 0 Å². The van der Waals surface area contributed by atoms with Crippen LogP contribution in [0.3, 0.4) is 0 Å². The SMILES string of the molecule is CCOc1ccccc1NC(=O)C(=O)Nc1cccc2cccnc12. The number of carbonyl (C=O) groups is 2. The van der Waals surface area contributed by atoms with Gasteiger partial charge in [-0.25, -0.2) is 0 Å². The Kier molecular flexibility index (Phi) is 4.89. The van der Waals surface area contributed by atoms with Gasteiger partial charge in [0.15, 0.2) is 0 Å². The first kappa shape index (κ1) is 16.4. The second kappa shape index (κ2) is 7.44. The molecule has 0 fully saturated rings. The number of nitrogens with zero attached hydrogens (tertiary/aromatic N) is 1. The Labute approximate surface area is 144 Å². The van der Waals surface area contributed by atoms with Crippen LogP contribution in [0, 0.1) is 0 Å². The van der Waals surface area contributed by atoms with Crippen molar-refractivity contribution in [2.45, 2.75) is 6.92 Å². The van der Waals surface area contributed by atoms with Crippen LogP contribution in [0.5, 0.6) is 5.75 Å². The summed E-state index contributed by atoms with van der Waals surface area (Å²) in [4.78, 5) is 28.7. The summed E-state index contributed by atoms with van der Waals surface area (Å²) in [5.74, 6) is -1.04. The van der Waals surface area contributed by atoms with Crippen molar-refractivity contribution in [1.82, 2.24) is 4.98 Å². The molecule has 0 saturated heterocycles. The summed E-state index contributed by atoms with van der Waals surface area (Å²) in [6, 6.07) is 16.0. The Bertz CT molecular complexity index is 919. The van der Waals surface area contributed by atoms with Crippen LogP contribution in [0.4, 0.5) is 11.4 Å². The van der Waals surface area contributed by atoms with E-state index in [0.29, 0.717) is 29.2 Å². The van der Waals surface area contributed by atoms with Crippen LogP contribution in [0.15, 0.2) is 60.8 Å². The first-order chi connectivity index (χ1) is 12.2. The molecule has 126 valence electrons. The Morgan fingerprint density at radius 3 is 2.40 bits per heavy atom. The molecule has 0 unspecified atom stereocenters. The number of nitrogens with one attached hydrogen (secondary N) is 2. The number of carbonyl (C=O) groups excluding carboxylic acids is 2. The van der Waals surface area contributed by atoms with Crippen molar-refractivity contribution in [2.24, 2.45) is 0 Å². The van der Waals surface area contributed by atoms with E-state index >= 15 is 0 Å². The van der Waals surface area contributed by atoms with Gasteiger partial charge in [0.05, 0.1) is 23.5 Å². The quantitative estimate of drug-likeness (QED) is 0.718. The molecule has 6 heteroatoms. The van der Waals surface area contributed by atoms with Gasteiger partial charge in [0.2, 0.25) is 0 Å². The fourth-order valence-corrected chi connectivity index (χ4v) is 2.41. The van der Waals surface area contributed by atoms with Gasteiger partial charge in [-0.3, -0.25) is 14.6 Å². The van der Waals surface area contributed by atoms with Gasteiger partial charge in [-0.1, -0.05) is 30.3 Å². The van der Waals surface area contributed by atoms with E-state index in [4.69, 9.17) is 4.74 Å². The van der Waals surface area contributed by atoms with Gasteiger partial charge >= 0.3 is 11.8 Å². The molecular formula is C19H17N3O3. The number of hydrogen-bond donors (Lipinski definition) is 2. The molecule has 6 nitrogen and oxygen atoms in total. The molecular weight excluding hydrogens is 318 g/mol. The molecule has 0 aliphatic carbocycles. The number of fused-ring (bicyclic) bond motifs is 1. The van der Waals surface area contributed by atoms with Crippen LogP contribution in [-0.2, 0) is 9.59 Å². The zero-order valence-electron chi connectivity index (χ0n) is 13.7. The number of para-hydroxylation sites is 3. The summed E-state index contributed by atoms with van der Waals surface area (Å²) in [7, 11) is 0. The first-order valence-corrected chi connectivity index (χ1v) is 7.87. The van der Waals surface area contributed by atoms with Gasteiger partial charge in [-0.2, -0.15) is 0 Å². The predicted molar refractivity (Wildman–Crippen MR) is 96.6 cm³/mol. The molecule has 3 aromatic rings. The van der Waals surface area contributed by atoms with E-state index in [1.54, 1.807) is 42.6 Å². The minimum Gasteiger partial charge on any atom is -0.492 e. The molecule has 0 atom stereocenters. The highest BCUT2D eigenvalue weighted by Gasteiger charge is 2.17. The normalized spacial score (nSPS) is 10.3. The summed E-state index contributed by atoms with van der Waals surface area (Å²) >= 11 is 0. The second-order valence-corrected chi connectivity index (χ2v) is 5.22. The highest BCUT2D eigenvalue weighted by molar-refractivity contribution is 6.44. The molecule has 1 heterocycles. The average molecular weight is 335 g/mol. The van der Waals surface area contributed by atoms with Gasteiger partial charge in [0.1, 0.15) is 5.75 Å². The number of pyridine rings is 1. The monoisotopic (exact) mass is 335 g/mol. The van der Waals surface area contributed by atoms with Crippen molar-refractivity contribution >= 4 is 34.1 Å². The average Bonchev–Trinajstić information content (AvgIpc) is 2.64. The number of ether oxygens (including phenoxy) is 1. The van der Waals surface area contributed by atoms with Gasteiger partial charge in [0, 0.05) is 11.6 Å². The summed E-state index contributed by atoms with van der Waals surface area (Å²) in [6.45, 7) is 2.31. The maximum absolute atomic E-state index is 12.2. The summed E-state index contributed by atoms with van der Waals surface area (Å²) in [5, 5.41) is 6.05. The second-order valence-electron chi connectivity index (χ2n) is 5.22. The highest BCUT2D eigenvalue weighted by atomic mass is 16.5. The summed E-state index contributed by atoms with van der Waals surface area (Å²) < 4.78 is 5.44. The van der Waals surface area contributed by atoms with E-state index in [9.17, 15) is 9.59 Å². The smallest absolute Gasteiger partial charge is 0.314 e. The van der Waals surface area contributed by atoms with Crippen molar-refractivity contribution in [2.75, 3.05) is 17.2 Å². The van der Waals surface area contributed by atoms with Crippen molar-refractivity contribution in [3.8, 4) is 5.75 Å². The molecule has 0 aliphatic rings. The molecule has 3 rings (SSSR count). The minimum absolute atomic E-state index is 0.445. The molecule has 0 saturated carbocycles. The fraction of sp³-hybridized carbons (Fsp3) is 0.105. The highest BCUT2D eigenvalue weighted by Crippen LogP contribution is 2.24. The standard InChI is InChI=1S/C19H17N3O3/c1-2-25-16-11-4-3-9-14(16)21-18(23)19(24)22-15-10-5-7-13-8-6-12-20-17(13)15/h3-12H,2H2,1H3,(H,21,23)(H,22,24). The van der Waals surface area contributed by atoms with Crippen molar-refractivity contribution in [3.05, 3.63) is 60.8 Å². The van der Waals surface area contributed by atoms with E-state index < -0.39 is 11.8 Å². The molecule has 2 N–H and O–H groups in total. The van der Waals surface area contributed by atoms with Crippen molar-refractivity contribution < 1.29 is 14.3 Å². The third kappa shape index (κ3) is 3.74. The largest absolute Gasteiger partial charge is 0.492 e. The van der Waals surface area contributed by atoms with Crippen LogP contribution in [0.1, 0.15) is 6.92 Å². The number of benzene rings is 2. The van der Waals surface area contributed by atoms with E-state index in [2.05, 4.69) is 15.6 Å². The van der Waals surface area contributed by atoms with Crippen LogP contribution in [-0.4, -0.2) is 23.4 Å². The van der Waals surface area contributed by atoms with Gasteiger partial charge < -0.3 is 15.4 Å². The van der Waals surface area contributed by atoms with E-state index in [1.165, 1.54) is 0 Å². The lowest BCUT2D eigenvalue weighted by molar-refractivity contribution is -0.133. The Morgan fingerprint density at radius 1 is 0.920 bits per heavy atom. The van der Waals surface area contributed by atoms with Crippen LogP contribution in [0.25, 0.3) is 10.9 Å². The topological polar surface area (TPSA) is 80.3 Å². The Morgan fingerprint density at radius 2 is 1.60 bits per heavy atom. The Balaban J connectivity index is 1.76. The summed E-state index contributed by atoms with van der Waals surface area (Å²) in [6.07, 6.45) is 1.64. The molecule has 0 aliphatic heterocycles. The van der Waals surface area contributed by atoms with Gasteiger partial charge in [0.25, 0.3) is 0 Å². The minimum atomic E-state index is -0.778. The first-order valence-electron chi connectivity index (χ1n) is 7.87. The van der Waals surface area contributed by atoms with Crippen LogP contribution < -0.4 is 15.4 Å². The number of hydrogen-bond acceptors (Lipinski definition) is 4. The zero-order chi connectivity index (χ0) is 17.6. The molecule has 25 heavy (non-hydrogen) atoms. The van der Waals surface area contributed by atoms with E-state index in [1.807, 2.05) is 25.1 Å². The number of anilines is 2. The molecule has 1 aromatic heterocycles. The number of rotatable bonds is 4. The lowest BCUT2D eigenvalue weighted by atomic mass is 10.2.